The molecule has 0 spiro atoms. The minimum atomic E-state index is 0.0366. The molecule has 29 heavy (non-hydrogen) atoms. The van der Waals surface area contributed by atoms with Crippen LogP contribution < -0.4 is 9.47 Å². The van der Waals surface area contributed by atoms with Gasteiger partial charge < -0.3 is 14.4 Å². The Morgan fingerprint density at radius 3 is 2.34 bits per heavy atom. The fraction of sp³-hybridized carbons (Fsp3) is 0.304. The molecule has 0 radical (unpaired) electrons. The van der Waals surface area contributed by atoms with E-state index in [1.807, 2.05) is 61.3 Å². The van der Waals surface area contributed by atoms with E-state index in [0.717, 1.165) is 29.2 Å². The molecule has 0 saturated carbocycles. The van der Waals surface area contributed by atoms with E-state index in [-0.39, 0.29) is 5.91 Å². The van der Waals surface area contributed by atoms with Gasteiger partial charge in [-0.05, 0) is 73.9 Å². The summed E-state index contributed by atoms with van der Waals surface area (Å²) in [6.45, 7) is 6.35. The summed E-state index contributed by atoms with van der Waals surface area (Å²) in [6.07, 6.45) is 4.42. The Bertz CT molecular complexity index is 981. The van der Waals surface area contributed by atoms with Crippen molar-refractivity contribution in [3.8, 4) is 17.2 Å². The highest BCUT2D eigenvalue weighted by Crippen LogP contribution is 2.34. The number of hydrogen-bond acceptors (Lipinski definition) is 4. The van der Waals surface area contributed by atoms with Crippen molar-refractivity contribution in [1.29, 1.82) is 0 Å². The second kappa shape index (κ2) is 8.39. The van der Waals surface area contributed by atoms with Crippen LogP contribution in [0.25, 0.3) is 5.69 Å². The first kappa shape index (κ1) is 19.1. The Labute approximate surface area is 170 Å². The quantitative estimate of drug-likeness (QED) is 0.640. The van der Waals surface area contributed by atoms with E-state index in [0.29, 0.717) is 31.9 Å². The van der Waals surface area contributed by atoms with Crippen LogP contribution in [0, 0.1) is 0 Å². The molecule has 1 aromatic heterocycles. The van der Waals surface area contributed by atoms with Crippen molar-refractivity contribution in [2.24, 2.45) is 0 Å². The summed E-state index contributed by atoms with van der Waals surface area (Å²) in [7, 11) is 0. The van der Waals surface area contributed by atoms with Crippen LogP contribution in [-0.4, -0.2) is 40.3 Å². The molecule has 0 bridgehead atoms. The SMILES string of the molecule is CCOc1cc2c(cc1OCC)CN(C(=O)c1ccc(-n3cccn3)cc1)CC2. The van der Waals surface area contributed by atoms with Crippen molar-refractivity contribution in [1.82, 2.24) is 14.7 Å². The Kier molecular flexibility index (Phi) is 5.51. The first-order chi connectivity index (χ1) is 14.2. The largest absolute Gasteiger partial charge is 0.490 e. The number of hydrogen-bond donors (Lipinski definition) is 0. The van der Waals surface area contributed by atoms with Crippen LogP contribution in [0.2, 0.25) is 0 Å². The van der Waals surface area contributed by atoms with Gasteiger partial charge in [-0.3, -0.25) is 4.79 Å². The van der Waals surface area contributed by atoms with Gasteiger partial charge in [0, 0.05) is 31.0 Å². The van der Waals surface area contributed by atoms with E-state index < -0.39 is 0 Å². The van der Waals surface area contributed by atoms with E-state index in [4.69, 9.17) is 9.47 Å². The Hall–Kier alpha value is -3.28. The second-order valence-corrected chi connectivity index (χ2v) is 6.91. The highest BCUT2D eigenvalue weighted by Gasteiger charge is 2.24. The summed E-state index contributed by atoms with van der Waals surface area (Å²) >= 11 is 0. The maximum absolute atomic E-state index is 13.0. The second-order valence-electron chi connectivity index (χ2n) is 6.91. The lowest BCUT2D eigenvalue weighted by molar-refractivity contribution is 0.0734. The van der Waals surface area contributed by atoms with Crippen molar-refractivity contribution in [3.63, 3.8) is 0 Å². The van der Waals surface area contributed by atoms with Gasteiger partial charge in [-0.15, -0.1) is 0 Å². The number of nitrogens with zero attached hydrogens (tertiary/aromatic N) is 3. The van der Waals surface area contributed by atoms with E-state index in [1.54, 1.807) is 10.9 Å². The van der Waals surface area contributed by atoms with Gasteiger partial charge in [0.05, 0.1) is 18.9 Å². The van der Waals surface area contributed by atoms with Gasteiger partial charge in [0.2, 0.25) is 0 Å². The smallest absolute Gasteiger partial charge is 0.254 e. The molecule has 6 heteroatoms. The molecule has 1 amide bonds. The molecule has 0 saturated heterocycles. The van der Waals surface area contributed by atoms with Gasteiger partial charge in [0.1, 0.15) is 0 Å². The zero-order chi connectivity index (χ0) is 20.2. The van der Waals surface area contributed by atoms with Gasteiger partial charge in [0.25, 0.3) is 5.91 Å². The lowest BCUT2D eigenvalue weighted by Crippen LogP contribution is -2.36. The molecule has 6 nitrogen and oxygen atoms in total. The Morgan fingerprint density at radius 1 is 1.03 bits per heavy atom. The minimum Gasteiger partial charge on any atom is -0.490 e. The third-order valence-corrected chi connectivity index (χ3v) is 5.05. The molecule has 0 N–H and O–H groups in total. The number of ether oxygens (including phenoxy) is 2. The van der Waals surface area contributed by atoms with E-state index in [9.17, 15) is 4.79 Å². The molecule has 3 aromatic rings. The predicted octanol–water partition coefficient (Wildman–Crippen LogP) is 3.87. The van der Waals surface area contributed by atoms with Gasteiger partial charge in [0.15, 0.2) is 11.5 Å². The summed E-state index contributed by atoms with van der Waals surface area (Å²) in [6, 6.07) is 13.5. The average Bonchev–Trinajstić information content (AvgIpc) is 3.29. The van der Waals surface area contributed by atoms with Crippen LogP contribution in [0.5, 0.6) is 11.5 Å². The van der Waals surface area contributed by atoms with Gasteiger partial charge in [-0.1, -0.05) is 0 Å². The molecule has 1 aliphatic rings. The third-order valence-electron chi connectivity index (χ3n) is 5.05. The monoisotopic (exact) mass is 391 g/mol. The van der Waals surface area contributed by atoms with E-state index in [1.165, 1.54) is 5.56 Å². The zero-order valence-corrected chi connectivity index (χ0v) is 16.8. The highest BCUT2D eigenvalue weighted by atomic mass is 16.5. The van der Waals surface area contributed by atoms with Gasteiger partial charge in [-0.25, -0.2) is 4.68 Å². The summed E-state index contributed by atoms with van der Waals surface area (Å²) in [5, 5.41) is 4.22. The van der Waals surface area contributed by atoms with Crippen molar-refractivity contribution in [2.45, 2.75) is 26.8 Å². The number of carbonyl (C=O) groups is 1. The molecule has 0 fully saturated rings. The molecule has 2 heterocycles. The number of benzene rings is 2. The van der Waals surface area contributed by atoms with Crippen LogP contribution >= 0.6 is 0 Å². The van der Waals surface area contributed by atoms with Crippen molar-refractivity contribution < 1.29 is 14.3 Å². The zero-order valence-electron chi connectivity index (χ0n) is 16.8. The maximum atomic E-state index is 13.0. The normalized spacial score (nSPS) is 13.1. The number of rotatable bonds is 6. The molecule has 0 atom stereocenters. The summed E-state index contributed by atoms with van der Waals surface area (Å²) in [4.78, 5) is 14.9. The predicted molar refractivity (Wildman–Crippen MR) is 111 cm³/mol. The fourth-order valence-corrected chi connectivity index (χ4v) is 3.63. The van der Waals surface area contributed by atoms with Crippen LogP contribution in [0.1, 0.15) is 35.3 Å². The van der Waals surface area contributed by atoms with Crippen molar-refractivity contribution >= 4 is 5.91 Å². The number of amides is 1. The van der Waals surface area contributed by atoms with Crippen molar-refractivity contribution in [2.75, 3.05) is 19.8 Å². The topological polar surface area (TPSA) is 56.6 Å². The maximum Gasteiger partial charge on any atom is 0.254 e. The minimum absolute atomic E-state index is 0.0366. The standard InChI is InChI=1S/C23H25N3O3/c1-3-28-21-14-18-10-13-25(16-19(18)15-22(21)29-4-2)23(27)17-6-8-20(9-7-17)26-12-5-11-24-26/h5-9,11-12,14-15H,3-4,10,13,16H2,1-2H3. The highest BCUT2D eigenvalue weighted by molar-refractivity contribution is 5.94. The Morgan fingerprint density at radius 2 is 1.72 bits per heavy atom. The number of fused-ring (bicyclic) bond motifs is 1. The van der Waals surface area contributed by atoms with Crippen LogP contribution in [0.15, 0.2) is 54.9 Å². The molecular weight excluding hydrogens is 366 g/mol. The molecular formula is C23H25N3O3. The van der Waals surface area contributed by atoms with E-state index in [2.05, 4.69) is 11.2 Å². The Balaban J connectivity index is 1.53. The van der Waals surface area contributed by atoms with Crippen molar-refractivity contribution in [3.05, 3.63) is 71.5 Å². The van der Waals surface area contributed by atoms with Crippen LogP contribution in [-0.2, 0) is 13.0 Å². The summed E-state index contributed by atoms with van der Waals surface area (Å²) in [5.41, 5.74) is 3.94. The lowest BCUT2D eigenvalue weighted by atomic mass is 9.98. The molecule has 150 valence electrons. The van der Waals surface area contributed by atoms with E-state index >= 15 is 0 Å². The first-order valence-corrected chi connectivity index (χ1v) is 10.00. The molecule has 4 rings (SSSR count). The number of carbonyl (C=O) groups excluding carboxylic acids is 1. The first-order valence-electron chi connectivity index (χ1n) is 10.00. The summed E-state index contributed by atoms with van der Waals surface area (Å²) < 4.78 is 13.3. The fourth-order valence-electron chi connectivity index (χ4n) is 3.63. The summed E-state index contributed by atoms with van der Waals surface area (Å²) in [5.74, 6) is 1.56. The molecule has 0 unspecified atom stereocenters. The third kappa shape index (κ3) is 3.97. The molecule has 1 aliphatic heterocycles. The van der Waals surface area contributed by atoms with Gasteiger partial charge in [-0.2, -0.15) is 5.10 Å². The molecule has 2 aromatic carbocycles. The van der Waals surface area contributed by atoms with Crippen LogP contribution in [0.3, 0.4) is 0 Å². The lowest BCUT2D eigenvalue weighted by Gasteiger charge is -2.30. The van der Waals surface area contributed by atoms with Gasteiger partial charge >= 0.3 is 0 Å². The average molecular weight is 391 g/mol. The van der Waals surface area contributed by atoms with Crippen LogP contribution in [0.4, 0.5) is 0 Å². The number of aromatic nitrogens is 2. The molecule has 0 aliphatic carbocycles.